The number of fused-ring (bicyclic) bond motifs is 1. The maximum Gasteiger partial charge on any atom is 0.410 e. The molecule has 1 heterocycles. The van der Waals surface area contributed by atoms with Gasteiger partial charge in [0.15, 0.2) is 0 Å². The lowest BCUT2D eigenvalue weighted by Crippen LogP contribution is -2.45. The molecule has 0 aliphatic carbocycles. The van der Waals surface area contributed by atoms with E-state index in [9.17, 15) is 23.9 Å². The molecule has 0 unspecified atom stereocenters. The summed E-state index contributed by atoms with van der Waals surface area (Å²) in [5, 5.41) is 10.2. The van der Waals surface area contributed by atoms with E-state index in [1.54, 1.807) is 21.9 Å². The molecule has 0 saturated heterocycles. The number of amides is 2. The Morgan fingerprint density at radius 3 is 2.33 bits per heavy atom. The molecule has 0 bridgehead atoms. The lowest BCUT2D eigenvalue weighted by atomic mass is 10.1. The largest absolute Gasteiger partial charge is 0.506 e. The molecule has 10 nitrogen and oxygen atoms in total. The summed E-state index contributed by atoms with van der Waals surface area (Å²) >= 11 is 1.01. The van der Waals surface area contributed by atoms with Gasteiger partial charge in [-0.25, -0.2) is 9.18 Å². The third-order valence-corrected chi connectivity index (χ3v) is 9.17. The molecule has 4 aromatic rings. The van der Waals surface area contributed by atoms with Crippen molar-refractivity contribution < 1.29 is 28.6 Å². The lowest BCUT2D eigenvalue weighted by Gasteiger charge is -2.29. The summed E-state index contributed by atoms with van der Waals surface area (Å²) in [6.07, 6.45) is 0.632. The van der Waals surface area contributed by atoms with Crippen LogP contribution in [0.15, 0.2) is 71.5 Å². The summed E-state index contributed by atoms with van der Waals surface area (Å²) in [4.78, 5) is 46.9. The number of likely N-dealkylation sites (N-methyl/N-ethyl adjacent to an activating group) is 1. The number of nitrogens with one attached hydrogen (secondary N) is 1. The van der Waals surface area contributed by atoms with Gasteiger partial charge < -0.3 is 34.3 Å². The van der Waals surface area contributed by atoms with Gasteiger partial charge in [-0.2, -0.15) is 0 Å². The van der Waals surface area contributed by atoms with E-state index in [1.165, 1.54) is 18.2 Å². The van der Waals surface area contributed by atoms with Crippen LogP contribution in [0.1, 0.15) is 37.0 Å². The predicted octanol–water partition coefficient (Wildman–Crippen LogP) is 5.44. The Balaban J connectivity index is 1.41. The van der Waals surface area contributed by atoms with Gasteiger partial charge in [-0.05, 0) is 60.8 Å². The van der Waals surface area contributed by atoms with Crippen LogP contribution in [0.3, 0.4) is 0 Å². The molecule has 0 aliphatic heterocycles. The average molecular weight is 681 g/mol. The number of halogens is 1. The second kappa shape index (κ2) is 18.9. The van der Waals surface area contributed by atoms with Gasteiger partial charge in [0.05, 0.1) is 24.3 Å². The van der Waals surface area contributed by atoms with E-state index in [2.05, 4.69) is 23.7 Å². The number of rotatable bonds is 19. The van der Waals surface area contributed by atoms with Crippen LogP contribution < -0.4 is 4.87 Å². The monoisotopic (exact) mass is 680 g/mol. The van der Waals surface area contributed by atoms with Crippen LogP contribution in [-0.4, -0.2) is 95.8 Å². The van der Waals surface area contributed by atoms with E-state index in [0.29, 0.717) is 49.3 Å². The summed E-state index contributed by atoms with van der Waals surface area (Å²) < 4.78 is 25.5. The van der Waals surface area contributed by atoms with Crippen LogP contribution in [0.4, 0.5) is 9.18 Å². The van der Waals surface area contributed by atoms with Crippen molar-refractivity contribution in [2.24, 2.45) is 0 Å². The highest BCUT2D eigenvalue weighted by Gasteiger charge is 2.21. The molecule has 0 radical (unpaired) electrons. The number of hydrogen-bond acceptors (Lipinski definition) is 8. The van der Waals surface area contributed by atoms with Crippen molar-refractivity contribution >= 4 is 33.6 Å². The number of aromatic nitrogens is 1. The van der Waals surface area contributed by atoms with Crippen LogP contribution in [0, 0.1) is 5.82 Å². The van der Waals surface area contributed by atoms with Crippen molar-refractivity contribution in [2.75, 3.05) is 59.0 Å². The number of ether oxygens (including phenoxy) is 2. The van der Waals surface area contributed by atoms with Gasteiger partial charge in [-0.15, -0.1) is 0 Å². The molecule has 4 rings (SSSR count). The van der Waals surface area contributed by atoms with Crippen molar-refractivity contribution in [3.05, 3.63) is 98.9 Å². The van der Waals surface area contributed by atoms with E-state index < -0.39 is 6.09 Å². The van der Waals surface area contributed by atoms with Gasteiger partial charge in [-0.3, -0.25) is 9.59 Å². The molecule has 12 heteroatoms. The fourth-order valence-corrected chi connectivity index (χ4v) is 6.23. The summed E-state index contributed by atoms with van der Waals surface area (Å²) in [6, 6.07) is 19.1. The fourth-order valence-electron chi connectivity index (χ4n) is 5.34. The van der Waals surface area contributed by atoms with E-state index in [4.69, 9.17) is 9.47 Å². The van der Waals surface area contributed by atoms with E-state index in [0.717, 1.165) is 41.1 Å². The minimum atomic E-state index is -0.507. The first-order valence-electron chi connectivity index (χ1n) is 16.4. The number of thiazole rings is 1. The zero-order chi connectivity index (χ0) is 34.3. The molecular formula is C36H45FN4O6S. The Morgan fingerprint density at radius 1 is 0.854 bits per heavy atom. The van der Waals surface area contributed by atoms with Crippen LogP contribution in [0.2, 0.25) is 0 Å². The minimum absolute atomic E-state index is 0.00785. The van der Waals surface area contributed by atoms with Crippen LogP contribution in [-0.2, 0) is 33.7 Å². The van der Waals surface area contributed by atoms with Gasteiger partial charge in [0.1, 0.15) is 23.7 Å². The predicted molar refractivity (Wildman–Crippen MR) is 186 cm³/mol. The van der Waals surface area contributed by atoms with Gasteiger partial charge in [-0.1, -0.05) is 73.7 Å². The second-order valence-electron chi connectivity index (χ2n) is 11.4. The van der Waals surface area contributed by atoms with Crippen molar-refractivity contribution in [3.8, 4) is 5.75 Å². The number of carbonyl (C=O) groups excluding carboxylic acids is 2. The Bertz CT molecular complexity index is 1660. The standard InChI is InChI=1S/C36H45FN4O6S/c1-3-39(4-2)19-20-40(32(43)17-24-46-23-16-27-11-8-12-30(37)25-27)21-22-41(36(45)47-26-28-9-6-5-7-10-28)18-15-29-13-14-31(42)33-34(29)48-35(44)38-33/h5-14,25,42H,3-4,15-24,26H2,1-2H3,(H,38,44). The smallest absolute Gasteiger partial charge is 0.410 e. The number of benzene rings is 3. The number of H-pyrrole nitrogens is 1. The molecule has 258 valence electrons. The van der Waals surface area contributed by atoms with Gasteiger partial charge in [0.2, 0.25) is 5.91 Å². The first kappa shape index (κ1) is 36.6. The molecule has 1 aromatic heterocycles. The molecule has 3 aromatic carbocycles. The molecule has 48 heavy (non-hydrogen) atoms. The molecule has 0 spiro atoms. The lowest BCUT2D eigenvalue weighted by molar-refractivity contribution is -0.132. The van der Waals surface area contributed by atoms with Crippen molar-refractivity contribution in [3.63, 3.8) is 0 Å². The van der Waals surface area contributed by atoms with E-state index in [-0.39, 0.29) is 55.1 Å². The number of aromatic amines is 1. The van der Waals surface area contributed by atoms with Crippen molar-refractivity contribution in [1.82, 2.24) is 19.7 Å². The molecular weight excluding hydrogens is 635 g/mol. The highest BCUT2D eigenvalue weighted by molar-refractivity contribution is 7.16. The number of carbonyl (C=O) groups is 2. The normalized spacial score (nSPS) is 11.2. The average Bonchev–Trinajstić information content (AvgIpc) is 3.50. The first-order chi connectivity index (χ1) is 23.3. The Kier molecular flexibility index (Phi) is 14.4. The van der Waals surface area contributed by atoms with Crippen molar-refractivity contribution in [2.45, 2.75) is 39.7 Å². The Morgan fingerprint density at radius 2 is 1.58 bits per heavy atom. The highest BCUT2D eigenvalue weighted by atomic mass is 32.1. The zero-order valence-electron chi connectivity index (χ0n) is 27.7. The number of nitrogens with zero attached hydrogens (tertiary/aromatic N) is 3. The molecule has 2 amide bonds. The summed E-state index contributed by atoms with van der Waals surface area (Å²) in [5.74, 6) is -0.378. The Hall–Kier alpha value is -4.26. The number of phenolic OH excluding ortho intramolecular Hbond substituents is 1. The molecule has 0 atom stereocenters. The van der Waals surface area contributed by atoms with Gasteiger partial charge >= 0.3 is 11.0 Å². The minimum Gasteiger partial charge on any atom is -0.506 e. The quantitative estimate of drug-likeness (QED) is 0.127. The van der Waals surface area contributed by atoms with Crippen LogP contribution >= 0.6 is 11.3 Å². The third-order valence-electron chi connectivity index (χ3n) is 8.21. The zero-order valence-corrected chi connectivity index (χ0v) is 28.5. The van der Waals surface area contributed by atoms with Gasteiger partial charge in [0.25, 0.3) is 0 Å². The molecule has 0 saturated carbocycles. The van der Waals surface area contributed by atoms with Gasteiger partial charge in [0, 0.05) is 32.7 Å². The van der Waals surface area contributed by atoms with E-state index >= 15 is 0 Å². The van der Waals surface area contributed by atoms with Crippen LogP contribution in [0.5, 0.6) is 5.75 Å². The summed E-state index contributed by atoms with van der Waals surface area (Å²) in [5.41, 5.74) is 2.89. The third kappa shape index (κ3) is 11.2. The highest BCUT2D eigenvalue weighted by Crippen LogP contribution is 2.28. The molecule has 0 aliphatic rings. The summed E-state index contributed by atoms with van der Waals surface area (Å²) in [7, 11) is 0. The maximum atomic E-state index is 13.5. The SMILES string of the molecule is CCN(CC)CCN(CCN(CCc1ccc(O)c2[nH]c(=O)sc12)C(=O)OCc1ccccc1)C(=O)CCOCCc1cccc(F)c1. The first-order valence-corrected chi connectivity index (χ1v) is 17.2. The molecule has 0 fully saturated rings. The molecule has 2 N–H and O–H groups in total. The topological polar surface area (TPSA) is 115 Å². The van der Waals surface area contributed by atoms with E-state index in [1.807, 2.05) is 36.4 Å². The fraction of sp³-hybridized carbons (Fsp3) is 0.417. The van der Waals surface area contributed by atoms with Crippen molar-refractivity contribution in [1.29, 1.82) is 0 Å². The summed E-state index contributed by atoms with van der Waals surface area (Å²) in [6.45, 7) is 8.57. The number of hydrogen-bond donors (Lipinski definition) is 2. The Labute approximate surface area is 284 Å². The van der Waals surface area contributed by atoms with Crippen LogP contribution in [0.25, 0.3) is 10.2 Å². The number of phenols is 1. The number of aromatic hydroxyl groups is 1. The second-order valence-corrected chi connectivity index (χ2v) is 12.4. The maximum absolute atomic E-state index is 13.5.